The maximum absolute atomic E-state index is 12.6. The van der Waals surface area contributed by atoms with E-state index < -0.39 is 16.1 Å². The van der Waals surface area contributed by atoms with E-state index in [4.69, 9.17) is 0 Å². The second kappa shape index (κ2) is 10.0. The maximum Gasteiger partial charge on any atom is 0.243 e. The summed E-state index contributed by atoms with van der Waals surface area (Å²) < 4.78 is 26.5. The van der Waals surface area contributed by atoms with Crippen LogP contribution >= 0.6 is 0 Å². The Morgan fingerprint density at radius 3 is 2.18 bits per heavy atom. The predicted molar refractivity (Wildman–Crippen MR) is 108 cm³/mol. The first-order valence-corrected chi connectivity index (χ1v) is 11.4. The topological polar surface area (TPSA) is 95.6 Å². The van der Waals surface area contributed by atoms with Crippen molar-refractivity contribution in [1.82, 2.24) is 14.9 Å². The number of hydrogen-bond donors (Lipinski definition) is 2. The molecule has 28 heavy (non-hydrogen) atoms. The molecule has 2 rings (SSSR count). The summed E-state index contributed by atoms with van der Waals surface area (Å²) in [6.07, 6.45) is 4.04. The lowest BCUT2D eigenvalue weighted by molar-refractivity contribution is -0.129. The molecule has 0 bridgehead atoms. The first-order valence-electron chi connectivity index (χ1n) is 9.93. The molecule has 1 aliphatic carbocycles. The zero-order valence-electron chi connectivity index (χ0n) is 16.9. The third-order valence-electron chi connectivity index (χ3n) is 5.25. The summed E-state index contributed by atoms with van der Waals surface area (Å²) in [5.74, 6) is -0.231. The van der Waals surface area contributed by atoms with Crippen LogP contribution in [0, 0.1) is 5.92 Å². The molecule has 0 aliphatic heterocycles. The molecule has 0 saturated heterocycles. The molecular formula is C20H31N3O4S. The third kappa shape index (κ3) is 5.54. The molecule has 1 fully saturated rings. The minimum atomic E-state index is -3.49. The Morgan fingerprint density at radius 2 is 1.68 bits per heavy atom. The molecule has 2 N–H and O–H groups in total. The lowest BCUT2D eigenvalue weighted by atomic mass is 9.97. The maximum atomic E-state index is 12.6. The average molecular weight is 410 g/mol. The van der Waals surface area contributed by atoms with E-state index >= 15 is 0 Å². The van der Waals surface area contributed by atoms with Crippen molar-refractivity contribution in [2.45, 2.75) is 63.9 Å². The molecule has 1 saturated carbocycles. The Hall–Kier alpha value is -1.93. The number of benzene rings is 1. The Morgan fingerprint density at radius 1 is 1.11 bits per heavy atom. The van der Waals surface area contributed by atoms with Crippen LogP contribution < -0.4 is 10.6 Å². The number of hydrogen-bond acceptors (Lipinski definition) is 4. The van der Waals surface area contributed by atoms with Gasteiger partial charge in [0, 0.05) is 26.6 Å². The average Bonchev–Trinajstić information content (AvgIpc) is 3.19. The molecule has 0 heterocycles. The zero-order chi connectivity index (χ0) is 20.7. The van der Waals surface area contributed by atoms with Gasteiger partial charge in [0.2, 0.25) is 21.8 Å². The molecular weight excluding hydrogens is 378 g/mol. The van der Waals surface area contributed by atoms with Gasteiger partial charge in [-0.15, -0.1) is 0 Å². The fraction of sp³-hybridized carbons (Fsp3) is 0.600. The van der Waals surface area contributed by atoms with Gasteiger partial charge in [-0.2, -0.15) is 4.31 Å². The minimum Gasteiger partial charge on any atom is -0.350 e. The first-order chi connectivity index (χ1) is 13.3. The SMILES string of the molecule is CCN(CC)S(=O)(=O)c1ccc(CNC(=O)C(NC(C)=O)C2CCCC2)cc1. The van der Waals surface area contributed by atoms with Crippen LogP contribution in [0.1, 0.15) is 52.0 Å². The van der Waals surface area contributed by atoms with Gasteiger partial charge in [-0.1, -0.05) is 38.8 Å². The predicted octanol–water partition coefficient (Wildman–Crippen LogP) is 2.03. The van der Waals surface area contributed by atoms with Crippen LogP contribution in [0.25, 0.3) is 0 Å². The van der Waals surface area contributed by atoms with E-state index in [0.717, 1.165) is 31.2 Å². The Bertz CT molecular complexity index is 767. The number of carbonyl (C=O) groups is 2. The highest BCUT2D eigenvalue weighted by molar-refractivity contribution is 7.89. The van der Waals surface area contributed by atoms with Gasteiger partial charge in [0.05, 0.1) is 4.90 Å². The third-order valence-corrected chi connectivity index (χ3v) is 7.31. The summed E-state index contributed by atoms with van der Waals surface area (Å²) >= 11 is 0. The fourth-order valence-electron chi connectivity index (χ4n) is 3.70. The van der Waals surface area contributed by atoms with Gasteiger partial charge in [0.15, 0.2) is 0 Å². The number of carbonyl (C=O) groups excluding carboxylic acids is 2. The van der Waals surface area contributed by atoms with E-state index in [2.05, 4.69) is 10.6 Å². The van der Waals surface area contributed by atoms with Gasteiger partial charge >= 0.3 is 0 Å². The molecule has 156 valence electrons. The van der Waals surface area contributed by atoms with Crippen LogP contribution in [-0.4, -0.2) is 43.7 Å². The molecule has 0 aromatic heterocycles. The number of rotatable bonds is 9. The Kier molecular flexibility index (Phi) is 8.00. The smallest absolute Gasteiger partial charge is 0.243 e. The van der Waals surface area contributed by atoms with Crippen molar-refractivity contribution >= 4 is 21.8 Å². The monoisotopic (exact) mass is 409 g/mol. The summed E-state index contributed by atoms with van der Waals surface area (Å²) in [6.45, 7) is 6.16. The normalized spacial score (nSPS) is 16.1. The van der Waals surface area contributed by atoms with Crippen LogP contribution in [0.3, 0.4) is 0 Å². The van der Waals surface area contributed by atoms with Crippen molar-refractivity contribution in [1.29, 1.82) is 0 Å². The summed E-state index contributed by atoms with van der Waals surface area (Å²) in [6, 6.07) is 6.04. The zero-order valence-corrected chi connectivity index (χ0v) is 17.7. The van der Waals surface area contributed by atoms with E-state index in [1.165, 1.54) is 11.2 Å². The molecule has 2 amide bonds. The van der Waals surface area contributed by atoms with Gasteiger partial charge in [-0.25, -0.2) is 8.42 Å². The highest BCUT2D eigenvalue weighted by atomic mass is 32.2. The molecule has 8 heteroatoms. The number of sulfonamides is 1. The molecule has 7 nitrogen and oxygen atoms in total. The van der Waals surface area contributed by atoms with Crippen molar-refractivity contribution in [3.63, 3.8) is 0 Å². The van der Waals surface area contributed by atoms with Crippen molar-refractivity contribution in [2.24, 2.45) is 5.92 Å². The van der Waals surface area contributed by atoms with Crippen LogP contribution in [0.5, 0.6) is 0 Å². The summed E-state index contributed by atoms with van der Waals surface area (Å²) in [5, 5.41) is 5.65. The quantitative estimate of drug-likeness (QED) is 0.652. The molecule has 0 spiro atoms. The van der Waals surface area contributed by atoms with E-state index in [0.29, 0.717) is 13.1 Å². The van der Waals surface area contributed by atoms with E-state index in [1.807, 2.05) is 0 Å². The molecule has 1 aliphatic rings. The molecule has 1 aromatic rings. The van der Waals surface area contributed by atoms with E-state index in [-0.39, 0.29) is 29.2 Å². The molecule has 0 radical (unpaired) electrons. The minimum absolute atomic E-state index is 0.172. The largest absolute Gasteiger partial charge is 0.350 e. The Labute approximate surface area is 167 Å². The van der Waals surface area contributed by atoms with Crippen LogP contribution in [0.15, 0.2) is 29.2 Å². The standard InChI is InChI=1S/C20H31N3O4S/c1-4-23(5-2)28(26,27)18-12-10-16(11-13-18)14-21-20(25)19(22-15(3)24)17-8-6-7-9-17/h10-13,17,19H,4-9,14H2,1-3H3,(H,21,25)(H,22,24). The summed E-state index contributed by atoms with van der Waals surface area (Å²) in [7, 11) is -3.49. The Balaban J connectivity index is 2.01. The van der Waals surface area contributed by atoms with Crippen LogP contribution in [0.4, 0.5) is 0 Å². The van der Waals surface area contributed by atoms with Gasteiger partial charge in [0.25, 0.3) is 0 Å². The van der Waals surface area contributed by atoms with E-state index in [9.17, 15) is 18.0 Å². The summed E-state index contributed by atoms with van der Waals surface area (Å²) in [4.78, 5) is 24.3. The van der Waals surface area contributed by atoms with E-state index in [1.54, 1.807) is 38.1 Å². The van der Waals surface area contributed by atoms with Crippen molar-refractivity contribution in [3.05, 3.63) is 29.8 Å². The van der Waals surface area contributed by atoms with Crippen molar-refractivity contribution in [2.75, 3.05) is 13.1 Å². The molecule has 1 unspecified atom stereocenters. The fourth-order valence-corrected chi connectivity index (χ4v) is 5.16. The second-order valence-corrected chi connectivity index (χ2v) is 9.11. The highest BCUT2D eigenvalue weighted by Gasteiger charge is 2.31. The van der Waals surface area contributed by atoms with Gasteiger partial charge in [-0.3, -0.25) is 9.59 Å². The van der Waals surface area contributed by atoms with Gasteiger partial charge in [-0.05, 0) is 36.5 Å². The second-order valence-electron chi connectivity index (χ2n) is 7.17. The highest BCUT2D eigenvalue weighted by Crippen LogP contribution is 2.28. The van der Waals surface area contributed by atoms with Gasteiger partial charge < -0.3 is 10.6 Å². The lowest BCUT2D eigenvalue weighted by Gasteiger charge is -2.23. The summed E-state index contributed by atoms with van der Waals surface area (Å²) in [5.41, 5.74) is 0.805. The number of nitrogens with one attached hydrogen (secondary N) is 2. The van der Waals surface area contributed by atoms with Crippen molar-refractivity contribution in [3.8, 4) is 0 Å². The van der Waals surface area contributed by atoms with Crippen LogP contribution in [-0.2, 0) is 26.2 Å². The molecule has 1 aromatic carbocycles. The number of nitrogens with zero attached hydrogens (tertiary/aromatic N) is 1. The lowest BCUT2D eigenvalue weighted by Crippen LogP contribution is -2.49. The first kappa shape index (κ1) is 22.4. The van der Waals surface area contributed by atoms with Crippen LogP contribution in [0.2, 0.25) is 0 Å². The van der Waals surface area contributed by atoms with Crippen molar-refractivity contribution < 1.29 is 18.0 Å². The number of amides is 2. The van der Waals surface area contributed by atoms with Gasteiger partial charge in [0.1, 0.15) is 6.04 Å². The molecule has 1 atom stereocenters.